The van der Waals surface area contributed by atoms with Gasteiger partial charge in [0, 0.05) is 30.9 Å². The van der Waals surface area contributed by atoms with E-state index in [2.05, 4.69) is 5.32 Å². The number of amides is 2. The number of hydrogen-bond acceptors (Lipinski definition) is 5. The first kappa shape index (κ1) is 19.1. The SMILES string of the molecule is CC1OCC(=O)N/C1=C/C(=C\N)C(=O)N1CC(COCc2ccccc2)C1. The summed E-state index contributed by atoms with van der Waals surface area (Å²) in [6, 6.07) is 9.99. The van der Waals surface area contributed by atoms with Gasteiger partial charge in [-0.05, 0) is 18.6 Å². The Morgan fingerprint density at radius 3 is 2.81 bits per heavy atom. The summed E-state index contributed by atoms with van der Waals surface area (Å²) in [7, 11) is 0. The Morgan fingerprint density at radius 2 is 2.11 bits per heavy atom. The quantitative estimate of drug-likeness (QED) is 0.726. The second kappa shape index (κ2) is 8.83. The molecule has 2 saturated heterocycles. The summed E-state index contributed by atoms with van der Waals surface area (Å²) in [6.07, 6.45) is 2.56. The lowest BCUT2D eigenvalue weighted by Gasteiger charge is -2.39. The van der Waals surface area contributed by atoms with Gasteiger partial charge in [-0.1, -0.05) is 30.3 Å². The van der Waals surface area contributed by atoms with E-state index in [1.807, 2.05) is 37.3 Å². The minimum Gasteiger partial charge on any atom is -0.404 e. The number of nitrogens with two attached hydrogens (primary N) is 1. The standard InChI is InChI=1S/C20H25N3O4/c1-14-18(22-19(24)13-27-14)7-17(8-21)20(25)23-9-16(10-23)12-26-11-15-5-3-2-4-6-15/h2-8,14,16H,9-13,21H2,1H3,(H,22,24)/b17-8+,18-7+. The summed E-state index contributed by atoms with van der Waals surface area (Å²) in [4.78, 5) is 25.8. The Bertz CT molecular complexity index is 739. The lowest BCUT2D eigenvalue weighted by atomic mass is 9.99. The first-order valence-electron chi connectivity index (χ1n) is 9.02. The van der Waals surface area contributed by atoms with E-state index in [-0.39, 0.29) is 24.5 Å². The summed E-state index contributed by atoms with van der Waals surface area (Å²) in [5, 5.41) is 2.72. The van der Waals surface area contributed by atoms with E-state index in [4.69, 9.17) is 15.2 Å². The molecule has 1 unspecified atom stereocenters. The molecular formula is C20H25N3O4. The highest BCUT2D eigenvalue weighted by molar-refractivity contribution is 5.97. The molecular weight excluding hydrogens is 346 g/mol. The van der Waals surface area contributed by atoms with Crippen LogP contribution in [-0.4, -0.2) is 49.1 Å². The number of nitrogens with zero attached hydrogens (tertiary/aromatic N) is 1. The highest BCUT2D eigenvalue weighted by Gasteiger charge is 2.32. The van der Waals surface area contributed by atoms with E-state index >= 15 is 0 Å². The van der Waals surface area contributed by atoms with Gasteiger partial charge in [0.2, 0.25) is 5.91 Å². The summed E-state index contributed by atoms with van der Waals surface area (Å²) in [5.74, 6) is -0.0694. The normalized spacial score (nSPS) is 22.5. The van der Waals surface area contributed by atoms with Crippen molar-refractivity contribution in [1.82, 2.24) is 10.2 Å². The van der Waals surface area contributed by atoms with E-state index in [0.29, 0.717) is 43.5 Å². The molecule has 2 aliphatic heterocycles. The lowest BCUT2D eigenvalue weighted by Crippen LogP contribution is -2.52. The molecule has 0 saturated carbocycles. The van der Waals surface area contributed by atoms with E-state index in [1.165, 1.54) is 6.20 Å². The van der Waals surface area contributed by atoms with Gasteiger partial charge in [-0.2, -0.15) is 0 Å². The highest BCUT2D eigenvalue weighted by atomic mass is 16.5. The molecule has 2 amide bonds. The topological polar surface area (TPSA) is 93.9 Å². The van der Waals surface area contributed by atoms with Crippen molar-refractivity contribution in [2.45, 2.75) is 19.6 Å². The number of hydrogen-bond donors (Lipinski definition) is 2. The molecule has 1 atom stereocenters. The first-order valence-corrected chi connectivity index (χ1v) is 9.02. The molecule has 3 N–H and O–H groups in total. The van der Waals surface area contributed by atoms with Gasteiger partial charge in [0.25, 0.3) is 5.91 Å². The summed E-state index contributed by atoms with van der Waals surface area (Å²) in [6.45, 7) is 4.28. The van der Waals surface area contributed by atoms with Crippen LogP contribution in [0.3, 0.4) is 0 Å². The van der Waals surface area contributed by atoms with E-state index in [9.17, 15) is 9.59 Å². The molecule has 2 heterocycles. The van der Waals surface area contributed by atoms with Gasteiger partial charge >= 0.3 is 0 Å². The van der Waals surface area contributed by atoms with Crippen LogP contribution in [0.25, 0.3) is 0 Å². The van der Waals surface area contributed by atoms with Crippen molar-refractivity contribution in [1.29, 1.82) is 0 Å². The predicted molar refractivity (Wildman–Crippen MR) is 100 cm³/mol. The third kappa shape index (κ3) is 4.96. The molecule has 27 heavy (non-hydrogen) atoms. The zero-order chi connectivity index (χ0) is 19.2. The van der Waals surface area contributed by atoms with Gasteiger partial charge in [-0.15, -0.1) is 0 Å². The van der Waals surface area contributed by atoms with Crippen molar-refractivity contribution in [2.24, 2.45) is 11.7 Å². The van der Waals surface area contributed by atoms with Crippen LogP contribution in [0.2, 0.25) is 0 Å². The molecule has 7 heteroatoms. The molecule has 1 aromatic carbocycles. The van der Waals surface area contributed by atoms with Crippen LogP contribution in [0.1, 0.15) is 12.5 Å². The maximum absolute atomic E-state index is 12.6. The number of morpholine rings is 1. The van der Waals surface area contributed by atoms with Crippen LogP contribution < -0.4 is 11.1 Å². The zero-order valence-electron chi connectivity index (χ0n) is 15.4. The van der Waals surface area contributed by atoms with E-state index in [1.54, 1.807) is 11.0 Å². The maximum Gasteiger partial charge on any atom is 0.255 e. The number of benzene rings is 1. The van der Waals surface area contributed by atoms with Gasteiger partial charge < -0.3 is 25.4 Å². The number of carbonyl (C=O) groups is 2. The minimum absolute atomic E-state index is 0.0188. The molecule has 1 aromatic rings. The Morgan fingerprint density at radius 1 is 1.37 bits per heavy atom. The Kier molecular flexibility index (Phi) is 6.26. The monoisotopic (exact) mass is 371 g/mol. The van der Waals surface area contributed by atoms with Crippen molar-refractivity contribution in [2.75, 3.05) is 26.3 Å². The van der Waals surface area contributed by atoms with Crippen molar-refractivity contribution in [3.8, 4) is 0 Å². The van der Waals surface area contributed by atoms with Crippen LogP contribution in [0.15, 0.2) is 53.9 Å². The van der Waals surface area contributed by atoms with Gasteiger partial charge in [-0.3, -0.25) is 9.59 Å². The second-order valence-corrected chi connectivity index (χ2v) is 6.80. The maximum atomic E-state index is 12.6. The number of ether oxygens (including phenoxy) is 2. The number of carbonyl (C=O) groups excluding carboxylic acids is 2. The van der Waals surface area contributed by atoms with Crippen LogP contribution >= 0.6 is 0 Å². The van der Waals surface area contributed by atoms with Crippen LogP contribution in [-0.2, 0) is 25.7 Å². The van der Waals surface area contributed by atoms with Gasteiger partial charge in [-0.25, -0.2) is 0 Å². The third-order valence-electron chi connectivity index (χ3n) is 4.63. The van der Waals surface area contributed by atoms with Gasteiger partial charge in [0.1, 0.15) is 6.61 Å². The summed E-state index contributed by atoms with van der Waals surface area (Å²) in [5.41, 5.74) is 7.65. The van der Waals surface area contributed by atoms with Crippen LogP contribution in [0.5, 0.6) is 0 Å². The Hall–Kier alpha value is -2.64. The fraction of sp³-hybridized carbons (Fsp3) is 0.400. The molecule has 2 fully saturated rings. The first-order chi connectivity index (χ1) is 13.1. The van der Waals surface area contributed by atoms with Crippen molar-refractivity contribution < 1.29 is 19.1 Å². The van der Waals surface area contributed by atoms with Crippen LogP contribution in [0.4, 0.5) is 0 Å². The molecule has 0 spiro atoms. The Balaban J connectivity index is 1.46. The fourth-order valence-corrected chi connectivity index (χ4v) is 3.03. The summed E-state index contributed by atoms with van der Waals surface area (Å²) < 4.78 is 11.1. The summed E-state index contributed by atoms with van der Waals surface area (Å²) >= 11 is 0. The average molecular weight is 371 g/mol. The highest BCUT2D eigenvalue weighted by Crippen LogP contribution is 2.20. The smallest absolute Gasteiger partial charge is 0.255 e. The van der Waals surface area contributed by atoms with Crippen molar-refractivity contribution in [3.63, 3.8) is 0 Å². The molecule has 0 aliphatic carbocycles. The molecule has 0 radical (unpaired) electrons. The molecule has 7 nitrogen and oxygen atoms in total. The number of nitrogens with one attached hydrogen (secondary N) is 1. The zero-order valence-corrected chi connectivity index (χ0v) is 15.4. The third-order valence-corrected chi connectivity index (χ3v) is 4.63. The Labute approximate surface area is 158 Å². The predicted octanol–water partition coefficient (Wildman–Crippen LogP) is 0.923. The lowest BCUT2D eigenvalue weighted by molar-refractivity contribution is -0.134. The van der Waals surface area contributed by atoms with Gasteiger partial charge in [0.15, 0.2) is 0 Å². The minimum atomic E-state index is -0.291. The van der Waals surface area contributed by atoms with Crippen molar-refractivity contribution >= 4 is 11.8 Å². The van der Waals surface area contributed by atoms with Gasteiger partial charge in [0.05, 0.1) is 24.9 Å². The second-order valence-electron chi connectivity index (χ2n) is 6.80. The average Bonchev–Trinajstić information content (AvgIpc) is 2.64. The molecule has 0 bridgehead atoms. The largest absolute Gasteiger partial charge is 0.404 e. The molecule has 0 aromatic heterocycles. The van der Waals surface area contributed by atoms with E-state index < -0.39 is 0 Å². The van der Waals surface area contributed by atoms with Crippen LogP contribution in [0, 0.1) is 5.92 Å². The van der Waals surface area contributed by atoms with Crippen molar-refractivity contribution in [3.05, 3.63) is 59.4 Å². The number of rotatable bonds is 6. The molecule has 144 valence electrons. The van der Waals surface area contributed by atoms with E-state index in [0.717, 1.165) is 5.56 Å². The molecule has 3 rings (SSSR count). The fourth-order valence-electron chi connectivity index (χ4n) is 3.03. The molecule has 2 aliphatic rings. The number of likely N-dealkylation sites (tertiary alicyclic amines) is 1.